The number of pyridine rings is 1. The molecule has 5 rings (SSSR count). The van der Waals surface area contributed by atoms with Crippen molar-refractivity contribution in [1.82, 2.24) is 9.58 Å². The summed E-state index contributed by atoms with van der Waals surface area (Å²) in [4.78, 5) is 26.6. The molecular weight excluding hydrogens is 354 g/mol. The predicted molar refractivity (Wildman–Crippen MR) is 107 cm³/mol. The van der Waals surface area contributed by atoms with Crippen molar-refractivity contribution in [3.8, 4) is 5.75 Å². The Morgan fingerprint density at radius 1 is 0.964 bits per heavy atom. The van der Waals surface area contributed by atoms with Crippen molar-refractivity contribution >= 4 is 16.7 Å². The molecule has 2 aliphatic rings. The number of amides is 1. The number of carbonyl (C=O) groups excluding carboxylic acids is 1. The number of carbonyl (C=O) groups is 1. The summed E-state index contributed by atoms with van der Waals surface area (Å²) in [5.41, 5.74) is 0.726. The first-order valence-electron chi connectivity index (χ1n) is 9.63. The van der Waals surface area contributed by atoms with Gasteiger partial charge in [-0.05, 0) is 35.6 Å². The van der Waals surface area contributed by atoms with Gasteiger partial charge >= 0.3 is 0 Å². The van der Waals surface area contributed by atoms with Gasteiger partial charge in [-0.3, -0.25) is 19.3 Å². The molecular formula is C22H21N3O3. The number of nitrogens with zero attached hydrogens (tertiary/aromatic N) is 3. The fourth-order valence-corrected chi connectivity index (χ4v) is 4.45. The third-order valence-corrected chi connectivity index (χ3v) is 5.83. The molecule has 2 bridgehead atoms. The third-order valence-electron chi connectivity index (χ3n) is 5.83. The molecule has 1 amide bonds. The van der Waals surface area contributed by atoms with Crippen LogP contribution < -0.4 is 10.4 Å². The fraction of sp³-hybridized carbons (Fsp3) is 0.273. The SMILES string of the molecule is O=C1c2c(O)c(=O)ccn2N2CN1CCCCC2c1cccc2ccccc12. The van der Waals surface area contributed by atoms with Crippen LogP contribution in [-0.2, 0) is 0 Å². The summed E-state index contributed by atoms with van der Waals surface area (Å²) in [5, 5.41) is 14.8. The van der Waals surface area contributed by atoms with E-state index in [-0.39, 0.29) is 17.6 Å². The Balaban J connectivity index is 1.73. The molecule has 6 heteroatoms. The summed E-state index contributed by atoms with van der Waals surface area (Å²) in [5.74, 6) is -0.760. The lowest BCUT2D eigenvalue weighted by atomic mass is 9.94. The minimum Gasteiger partial charge on any atom is -0.502 e. The van der Waals surface area contributed by atoms with Crippen molar-refractivity contribution in [3.05, 3.63) is 76.2 Å². The van der Waals surface area contributed by atoms with Crippen LogP contribution in [0.25, 0.3) is 10.8 Å². The predicted octanol–water partition coefficient (Wildman–Crippen LogP) is 2.98. The maximum Gasteiger partial charge on any atom is 0.277 e. The average Bonchev–Trinajstić information content (AvgIpc) is 2.70. The van der Waals surface area contributed by atoms with Crippen LogP contribution in [0.3, 0.4) is 0 Å². The van der Waals surface area contributed by atoms with Crippen LogP contribution in [0.2, 0.25) is 0 Å². The van der Waals surface area contributed by atoms with E-state index in [1.165, 1.54) is 22.4 Å². The van der Waals surface area contributed by atoms with Gasteiger partial charge in [0, 0.05) is 18.8 Å². The molecule has 0 saturated carbocycles. The molecule has 28 heavy (non-hydrogen) atoms. The second-order valence-electron chi connectivity index (χ2n) is 7.45. The molecule has 1 atom stereocenters. The van der Waals surface area contributed by atoms with Crippen molar-refractivity contribution < 1.29 is 9.90 Å². The highest BCUT2D eigenvalue weighted by Gasteiger charge is 2.36. The molecule has 1 aromatic heterocycles. The second kappa shape index (κ2) is 6.41. The summed E-state index contributed by atoms with van der Waals surface area (Å²) < 4.78 is 1.67. The fourth-order valence-electron chi connectivity index (χ4n) is 4.45. The lowest BCUT2D eigenvalue weighted by Crippen LogP contribution is -2.56. The molecule has 3 heterocycles. The second-order valence-corrected chi connectivity index (χ2v) is 7.45. The van der Waals surface area contributed by atoms with Crippen LogP contribution in [0.1, 0.15) is 41.4 Å². The third kappa shape index (κ3) is 2.48. The Morgan fingerprint density at radius 3 is 2.68 bits per heavy atom. The molecule has 142 valence electrons. The van der Waals surface area contributed by atoms with Gasteiger partial charge in [0.1, 0.15) is 6.67 Å². The van der Waals surface area contributed by atoms with Crippen molar-refractivity contribution in [1.29, 1.82) is 0 Å². The maximum absolute atomic E-state index is 12.9. The molecule has 1 saturated heterocycles. The zero-order valence-electron chi connectivity index (χ0n) is 15.4. The number of fused-ring (bicyclic) bond motifs is 5. The first-order chi connectivity index (χ1) is 13.6. The van der Waals surface area contributed by atoms with E-state index in [1.807, 2.05) is 12.1 Å². The lowest BCUT2D eigenvalue weighted by molar-refractivity contribution is 0.0654. The number of benzene rings is 2. The van der Waals surface area contributed by atoms with E-state index in [4.69, 9.17) is 0 Å². The molecule has 1 fully saturated rings. The van der Waals surface area contributed by atoms with Gasteiger partial charge in [-0.15, -0.1) is 0 Å². The molecule has 2 aliphatic heterocycles. The number of rotatable bonds is 1. The molecule has 6 nitrogen and oxygen atoms in total. The molecule has 1 N–H and O–H groups in total. The quantitative estimate of drug-likeness (QED) is 0.710. The van der Waals surface area contributed by atoms with Gasteiger partial charge < -0.3 is 10.0 Å². The minimum absolute atomic E-state index is 0.0302. The highest BCUT2D eigenvalue weighted by atomic mass is 16.3. The standard InChI is InChI=1S/C22H21N3O3/c26-19-11-13-24-20(21(19)27)22(28)23-12-4-3-10-18(25(24)14-23)17-9-5-7-15-6-1-2-8-16(15)17/h1-2,5-9,11,13,18,27H,3-4,10,12,14H2. The molecule has 2 aromatic carbocycles. The monoisotopic (exact) mass is 375 g/mol. The van der Waals surface area contributed by atoms with Crippen molar-refractivity contribution in [2.45, 2.75) is 25.3 Å². The van der Waals surface area contributed by atoms with Gasteiger partial charge in [0.2, 0.25) is 5.43 Å². The first kappa shape index (κ1) is 16.9. The number of aromatic hydroxyl groups is 1. The first-order valence-corrected chi connectivity index (χ1v) is 9.63. The van der Waals surface area contributed by atoms with Crippen LogP contribution >= 0.6 is 0 Å². The summed E-state index contributed by atoms with van der Waals surface area (Å²) in [7, 11) is 0. The van der Waals surface area contributed by atoms with Crippen LogP contribution in [0.15, 0.2) is 59.5 Å². The number of hydrogen-bond acceptors (Lipinski definition) is 4. The normalized spacial score (nSPS) is 19.3. The molecule has 0 aliphatic carbocycles. The van der Waals surface area contributed by atoms with Gasteiger partial charge in [0.25, 0.3) is 5.91 Å². The van der Waals surface area contributed by atoms with Gasteiger partial charge in [-0.25, -0.2) is 0 Å². The van der Waals surface area contributed by atoms with Gasteiger partial charge in [0.15, 0.2) is 11.4 Å². The minimum atomic E-state index is -0.528. The Kier molecular flexibility index (Phi) is 3.86. The van der Waals surface area contributed by atoms with E-state index in [9.17, 15) is 14.7 Å². The zero-order valence-corrected chi connectivity index (χ0v) is 15.4. The van der Waals surface area contributed by atoms with Gasteiger partial charge in [-0.1, -0.05) is 42.5 Å². The largest absolute Gasteiger partial charge is 0.502 e. The van der Waals surface area contributed by atoms with Crippen molar-refractivity contribution in [3.63, 3.8) is 0 Å². The van der Waals surface area contributed by atoms with Crippen molar-refractivity contribution in [2.24, 2.45) is 0 Å². The number of aromatic nitrogens is 1. The van der Waals surface area contributed by atoms with E-state index in [2.05, 4.69) is 35.3 Å². The van der Waals surface area contributed by atoms with Crippen LogP contribution in [0.5, 0.6) is 5.75 Å². The Hall–Kier alpha value is -3.28. The topological polar surface area (TPSA) is 65.8 Å². The highest BCUT2D eigenvalue weighted by molar-refractivity contribution is 5.96. The summed E-state index contributed by atoms with van der Waals surface area (Å²) in [6, 6.07) is 15.9. The van der Waals surface area contributed by atoms with E-state index in [1.54, 1.807) is 15.8 Å². The van der Waals surface area contributed by atoms with Crippen LogP contribution in [-0.4, -0.2) is 33.8 Å². The molecule has 0 radical (unpaired) electrons. The summed E-state index contributed by atoms with van der Waals surface area (Å²) in [6.45, 7) is 1.06. The van der Waals surface area contributed by atoms with Crippen LogP contribution in [0, 0.1) is 0 Å². The smallest absolute Gasteiger partial charge is 0.277 e. The molecule has 0 spiro atoms. The van der Waals surface area contributed by atoms with Crippen LogP contribution in [0.4, 0.5) is 0 Å². The number of hydrogen-bond donors (Lipinski definition) is 1. The van der Waals surface area contributed by atoms with Gasteiger partial charge in [-0.2, -0.15) is 0 Å². The zero-order chi connectivity index (χ0) is 19.3. The molecule has 3 aromatic rings. The summed E-state index contributed by atoms with van der Waals surface area (Å²) >= 11 is 0. The van der Waals surface area contributed by atoms with E-state index < -0.39 is 11.2 Å². The Labute approximate surface area is 162 Å². The highest BCUT2D eigenvalue weighted by Crippen LogP contribution is 2.35. The maximum atomic E-state index is 12.9. The van der Waals surface area contributed by atoms with E-state index >= 15 is 0 Å². The average molecular weight is 375 g/mol. The molecule has 1 unspecified atom stereocenters. The van der Waals surface area contributed by atoms with E-state index in [0.717, 1.165) is 19.3 Å². The van der Waals surface area contributed by atoms with E-state index in [0.29, 0.717) is 13.2 Å². The summed E-state index contributed by atoms with van der Waals surface area (Å²) in [6.07, 6.45) is 4.43. The Bertz CT molecular complexity index is 1130. The van der Waals surface area contributed by atoms with Crippen molar-refractivity contribution in [2.75, 3.05) is 18.2 Å². The Morgan fingerprint density at radius 2 is 1.79 bits per heavy atom. The van der Waals surface area contributed by atoms with Gasteiger partial charge in [0.05, 0.1) is 6.04 Å². The lowest BCUT2D eigenvalue weighted by Gasteiger charge is -2.45.